The van der Waals surface area contributed by atoms with E-state index in [1.54, 1.807) is 6.20 Å². The minimum atomic E-state index is -1.20. The van der Waals surface area contributed by atoms with Crippen molar-refractivity contribution in [2.24, 2.45) is 5.73 Å². The van der Waals surface area contributed by atoms with Gasteiger partial charge in [0.2, 0.25) is 0 Å². The fourth-order valence-corrected chi connectivity index (χ4v) is 3.00. The van der Waals surface area contributed by atoms with Gasteiger partial charge in [-0.25, -0.2) is 9.78 Å². The molecule has 0 amide bonds. The molecule has 21 heavy (non-hydrogen) atoms. The number of halogens is 1. The van der Waals surface area contributed by atoms with Crippen LogP contribution < -0.4 is 5.73 Å². The molecule has 1 atom stereocenters. The molecule has 6 heteroatoms. The number of hydrogen-bond donors (Lipinski definition) is 1. The Labute approximate surface area is 136 Å². The molecule has 2 aromatic rings. The summed E-state index contributed by atoms with van der Waals surface area (Å²) in [5, 5.41) is 0.799. The molecule has 0 fully saturated rings. The largest absolute Gasteiger partial charge is 0.467 e. The predicted molar refractivity (Wildman–Crippen MR) is 87.0 cm³/mol. The van der Waals surface area contributed by atoms with Gasteiger partial charge in [0.15, 0.2) is 0 Å². The number of benzene rings is 1. The van der Waals surface area contributed by atoms with Crippen LogP contribution in [0.4, 0.5) is 0 Å². The Morgan fingerprint density at radius 1 is 1.33 bits per heavy atom. The molecule has 0 aliphatic carbocycles. The average molecular weight is 367 g/mol. The van der Waals surface area contributed by atoms with Crippen LogP contribution in [-0.4, -0.2) is 23.8 Å². The lowest BCUT2D eigenvalue weighted by atomic mass is 9.93. The number of methoxy groups -OCH3 is 1. The molecular weight excluding hydrogens is 352 g/mol. The van der Waals surface area contributed by atoms with Crippen LogP contribution in [0.5, 0.6) is 0 Å². The van der Waals surface area contributed by atoms with Gasteiger partial charge < -0.3 is 10.5 Å². The van der Waals surface area contributed by atoms with Crippen LogP contribution in [0.2, 0.25) is 0 Å². The molecule has 2 N–H and O–H groups in total. The molecular formula is C15H15BrN2O2S. The number of nitrogens with zero attached hydrogens (tertiary/aromatic N) is 1. The van der Waals surface area contributed by atoms with Gasteiger partial charge in [0, 0.05) is 16.4 Å². The smallest absolute Gasteiger partial charge is 0.331 e. The molecule has 1 aromatic carbocycles. The van der Waals surface area contributed by atoms with Gasteiger partial charge in [-0.3, -0.25) is 0 Å². The third-order valence-corrected chi connectivity index (χ3v) is 4.59. The highest BCUT2D eigenvalue weighted by Crippen LogP contribution is 2.28. The molecule has 110 valence electrons. The van der Waals surface area contributed by atoms with Crippen molar-refractivity contribution in [2.75, 3.05) is 12.9 Å². The van der Waals surface area contributed by atoms with Crippen LogP contribution in [0.25, 0.3) is 0 Å². The second-order valence-electron chi connectivity index (χ2n) is 4.43. The number of carbonyl (C=O) groups excluding carboxylic acids is 1. The summed E-state index contributed by atoms with van der Waals surface area (Å²) >= 11 is 4.75. The van der Waals surface area contributed by atoms with Crippen molar-refractivity contribution in [1.82, 2.24) is 4.98 Å². The van der Waals surface area contributed by atoms with E-state index in [0.29, 0.717) is 5.75 Å². The number of nitrogens with two attached hydrogens (primary N) is 1. The highest BCUT2D eigenvalue weighted by molar-refractivity contribution is 9.10. The first-order valence-electron chi connectivity index (χ1n) is 6.23. The van der Waals surface area contributed by atoms with Gasteiger partial charge in [-0.05, 0) is 33.6 Å². The first-order valence-corrected chi connectivity index (χ1v) is 8.01. The van der Waals surface area contributed by atoms with Crippen molar-refractivity contribution in [3.63, 3.8) is 0 Å². The van der Waals surface area contributed by atoms with E-state index in [2.05, 4.69) is 20.9 Å². The molecule has 1 unspecified atom stereocenters. The second kappa shape index (κ2) is 7.06. The first-order chi connectivity index (χ1) is 10.1. The van der Waals surface area contributed by atoms with E-state index in [1.807, 2.05) is 42.5 Å². The van der Waals surface area contributed by atoms with Crippen LogP contribution in [0.3, 0.4) is 0 Å². The normalized spacial score (nSPS) is 13.5. The van der Waals surface area contributed by atoms with Crippen LogP contribution in [0.1, 0.15) is 5.56 Å². The van der Waals surface area contributed by atoms with Crippen molar-refractivity contribution in [1.29, 1.82) is 0 Å². The standard InChI is InChI=1S/C15H15BrN2O2S/c1-20-14(19)15(17,11-5-3-2-4-6-11)10-21-13-8-7-12(16)9-18-13/h2-9H,10,17H2,1H3. The maximum atomic E-state index is 12.1. The van der Waals surface area contributed by atoms with Crippen LogP contribution in [0.15, 0.2) is 58.2 Å². The van der Waals surface area contributed by atoms with E-state index in [1.165, 1.54) is 18.9 Å². The monoisotopic (exact) mass is 366 g/mol. The van der Waals surface area contributed by atoms with Crippen molar-refractivity contribution in [3.8, 4) is 0 Å². The number of carbonyl (C=O) groups is 1. The summed E-state index contributed by atoms with van der Waals surface area (Å²) in [5.74, 6) is -0.114. The first kappa shape index (κ1) is 16.0. The third kappa shape index (κ3) is 3.84. The topological polar surface area (TPSA) is 65.2 Å². The molecule has 4 nitrogen and oxygen atoms in total. The van der Waals surface area contributed by atoms with Crippen LogP contribution in [0, 0.1) is 0 Å². The van der Waals surface area contributed by atoms with E-state index in [4.69, 9.17) is 10.5 Å². The SMILES string of the molecule is COC(=O)C(N)(CSc1ccc(Br)cn1)c1ccccc1. The summed E-state index contributed by atoms with van der Waals surface area (Å²) in [6.45, 7) is 0. The number of hydrogen-bond acceptors (Lipinski definition) is 5. The molecule has 0 radical (unpaired) electrons. The molecule has 1 aromatic heterocycles. The van der Waals surface area contributed by atoms with Gasteiger partial charge in [-0.2, -0.15) is 0 Å². The summed E-state index contributed by atoms with van der Waals surface area (Å²) < 4.78 is 5.78. The summed E-state index contributed by atoms with van der Waals surface area (Å²) in [6.07, 6.45) is 1.71. The highest BCUT2D eigenvalue weighted by Gasteiger charge is 2.37. The van der Waals surface area contributed by atoms with Gasteiger partial charge in [0.25, 0.3) is 0 Å². The summed E-state index contributed by atoms with van der Waals surface area (Å²) in [7, 11) is 1.34. The predicted octanol–water partition coefficient (Wildman–Crippen LogP) is 2.96. The summed E-state index contributed by atoms with van der Waals surface area (Å²) in [4.78, 5) is 16.4. The number of ether oxygens (including phenoxy) is 1. The van der Waals surface area contributed by atoms with E-state index < -0.39 is 11.5 Å². The molecule has 0 aliphatic rings. The van der Waals surface area contributed by atoms with Gasteiger partial charge in [-0.1, -0.05) is 30.3 Å². The molecule has 0 aliphatic heterocycles. The Hall–Kier alpha value is -1.37. The number of aromatic nitrogens is 1. The maximum Gasteiger partial charge on any atom is 0.331 e. The van der Waals surface area contributed by atoms with Crippen molar-refractivity contribution >= 4 is 33.7 Å². The molecule has 1 heterocycles. The fraction of sp³-hybridized carbons (Fsp3) is 0.200. The summed E-state index contributed by atoms with van der Waals surface area (Å²) in [6, 6.07) is 13.0. The van der Waals surface area contributed by atoms with Crippen molar-refractivity contribution in [2.45, 2.75) is 10.6 Å². The second-order valence-corrected chi connectivity index (χ2v) is 6.34. The molecule has 0 saturated carbocycles. The maximum absolute atomic E-state index is 12.1. The molecule has 0 bridgehead atoms. The number of thioether (sulfide) groups is 1. The Bertz CT molecular complexity index is 607. The third-order valence-electron chi connectivity index (χ3n) is 2.99. The Morgan fingerprint density at radius 2 is 2.05 bits per heavy atom. The Balaban J connectivity index is 2.21. The lowest BCUT2D eigenvalue weighted by molar-refractivity contribution is -0.146. The quantitative estimate of drug-likeness (QED) is 0.650. The average Bonchev–Trinajstić information content (AvgIpc) is 2.54. The van der Waals surface area contributed by atoms with Gasteiger partial charge in [0.05, 0.1) is 12.1 Å². The number of esters is 1. The molecule has 0 spiro atoms. The van der Waals surface area contributed by atoms with E-state index in [-0.39, 0.29) is 0 Å². The van der Waals surface area contributed by atoms with Gasteiger partial charge in [0.1, 0.15) is 5.54 Å². The Morgan fingerprint density at radius 3 is 2.62 bits per heavy atom. The summed E-state index contributed by atoms with van der Waals surface area (Å²) in [5.41, 5.74) is 5.84. The highest BCUT2D eigenvalue weighted by atomic mass is 79.9. The van der Waals surface area contributed by atoms with Crippen LogP contribution in [-0.2, 0) is 15.1 Å². The van der Waals surface area contributed by atoms with Crippen molar-refractivity contribution in [3.05, 3.63) is 58.7 Å². The zero-order chi connectivity index (χ0) is 15.3. The molecule has 2 rings (SSSR count). The van der Waals surface area contributed by atoms with Gasteiger partial charge in [-0.15, -0.1) is 11.8 Å². The van der Waals surface area contributed by atoms with E-state index in [0.717, 1.165) is 15.1 Å². The van der Waals surface area contributed by atoms with E-state index in [9.17, 15) is 4.79 Å². The minimum absolute atomic E-state index is 0.346. The van der Waals surface area contributed by atoms with Gasteiger partial charge >= 0.3 is 5.97 Å². The van der Waals surface area contributed by atoms with Crippen LogP contribution >= 0.6 is 27.7 Å². The molecule has 0 saturated heterocycles. The fourth-order valence-electron chi connectivity index (χ4n) is 1.81. The van der Waals surface area contributed by atoms with Crippen molar-refractivity contribution < 1.29 is 9.53 Å². The zero-order valence-corrected chi connectivity index (χ0v) is 13.9. The number of pyridine rings is 1. The van der Waals surface area contributed by atoms with E-state index >= 15 is 0 Å². The minimum Gasteiger partial charge on any atom is -0.467 e. The zero-order valence-electron chi connectivity index (χ0n) is 11.5. The lowest BCUT2D eigenvalue weighted by Gasteiger charge is -2.26. The lowest BCUT2D eigenvalue weighted by Crippen LogP contribution is -2.48. The number of rotatable bonds is 5. The Kier molecular flexibility index (Phi) is 5.39.